The average Bonchev–Trinajstić information content (AvgIpc) is 2.57. The molecular weight excluding hydrogens is 180 g/mol. The fourth-order valence-electron chi connectivity index (χ4n) is 1.01. The topological polar surface area (TPSA) is 38.0 Å². The molecule has 1 aromatic rings. The fourth-order valence-corrected chi connectivity index (χ4v) is 1.65. The number of anilines is 1. The molecule has 1 rings (SSSR count). The molecule has 3 heteroatoms. The van der Waals surface area contributed by atoms with E-state index >= 15 is 0 Å². The summed E-state index contributed by atoms with van der Waals surface area (Å²) in [5.41, 5.74) is 5.89. The number of nitrogens with one attached hydrogen (secondary N) is 1. The van der Waals surface area contributed by atoms with E-state index in [0.29, 0.717) is 0 Å². The first-order chi connectivity index (χ1) is 6.14. The van der Waals surface area contributed by atoms with Crippen molar-refractivity contribution < 1.29 is 0 Å². The molecule has 3 N–H and O–H groups in total. The number of nitrogens with two attached hydrogens (primary N) is 1. The van der Waals surface area contributed by atoms with Crippen LogP contribution in [-0.4, -0.2) is 13.1 Å². The van der Waals surface area contributed by atoms with Gasteiger partial charge in [-0.25, -0.2) is 0 Å². The summed E-state index contributed by atoms with van der Waals surface area (Å²) in [5, 5.41) is 6.70. The highest BCUT2D eigenvalue weighted by Crippen LogP contribution is 2.20. The lowest BCUT2D eigenvalue weighted by molar-refractivity contribution is 0.358. The molecular formula is C10H18N2S. The van der Waals surface area contributed by atoms with Crippen molar-refractivity contribution in [3.63, 3.8) is 0 Å². The van der Waals surface area contributed by atoms with Gasteiger partial charge in [-0.2, -0.15) is 0 Å². The highest BCUT2D eigenvalue weighted by Gasteiger charge is 2.14. The maximum Gasteiger partial charge on any atom is 0.0882 e. The van der Waals surface area contributed by atoms with Crippen LogP contribution in [0.4, 0.5) is 5.00 Å². The van der Waals surface area contributed by atoms with Gasteiger partial charge in [-0.3, -0.25) is 0 Å². The molecule has 1 heterocycles. The van der Waals surface area contributed by atoms with E-state index in [2.05, 4.69) is 36.7 Å². The summed E-state index contributed by atoms with van der Waals surface area (Å²) in [4.78, 5) is 0. The molecule has 1 aromatic heterocycles. The predicted molar refractivity (Wildman–Crippen MR) is 60.3 cm³/mol. The quantitative estimate of drug-likeness (QED) is 0.763. The maximum atomic E-state index is 5.64. The fraction of sp³-hybridized carbons (Fsp3) is 0.600. The molecule has 13 heavy (non-hydrogen) atoms. The third-order valence-electron chi connectivity index (χ3n) is 2.17. The van der Waals surface area contributed by atoms with Crippen LogP contribution in [0.25, 0.3) is 0 Å². The molecule has 0 aliphatic heterocycles. The molecule has 0 saturated carbocycles. The smallest absolute Gasteiger partial charge is 0.0882 e. The Kier molecular flexibility index (Phi) is 3.75. The number of thiophene rings is 1. The Morgan fingerprint density at radius 2 is 2.31 bits per heavy atom. The van der Waals surface area contributed by atoms with Crippen molar-refractivity contribution in [3.05, 3.63) is 17.5 Å². The Balaban J connectivity index is 2.21. The Morgan fingerprint density at radius 3 is 2.85 bits per heavy atom. The van der Waals surface area contributed by atoms with Gasteiger partial charge >= 0.3 is 0 Å². The zero-order chi connectivity index (χ0) is 9.73. The molecule has 0 unspecified atom stereocenters. The van der Waals surface area contributed by atoms with E-state index in [1.54, 1.807) is 11.3 Å². The summed E-state index contributed by atoms with van der Waals surface area (Å²) >= 11 is 1.74. The van der Waals surface area contributed by atoms with Gasteiger partial charge in [0.15, 0.2) is 0 Å². The van der Waals surface area contributed by atoms with Crippen molar-refractivity contribution in [2.24, 2.45) is 11.1 Å². The summed E-state index contributed by atoms with van der Waals surface area (Å²) in [6.07, 6.45) is 1.11. The SMILES string of the molecule is CC(C)(CN)CCNc1cccs1. The van der Waals surface area contributed by atoms with Gasteiger partial charge in [0.1, 0.15) is 0 Å². The van der Waals surface area contributed by atoms with Crippen molar-refractivity contribution in [2.45, 2.75) is 20.3 Å². The Bertz CT molecular complexity index is 229. The molecule has 0 saturated heterocycles. The molecule has 0 bridgehead atoms. The lowest BCUT2D eigenvalue weighted by Gasteiger charge is -2.22. The van der Waals surface area contributed by atoms with Crippen LogP contribution in [0, 0.1) is 5.41 Å². The molecule has 0 aliphatic rings. The van der Waals surface area contributed by atoms with Crippen molar-refractivity contribution in [2.75, 3.05) is 18.4 Å². The summed E-state index contributed by atoms with van der Waals surface area (Å²) in [6.45, 7) is 6.15. The Labute approximate surface area is 84.2 Å². The molecule has 74 valence electrons. The van der Waals surface area contributed by atoms with Gasteiger partial charge in [0.25, 0.3) is 0 Å². The summed E-state index contributed by atoms with van der Waals surface area (Å²) < 4.78 is 0. The predicted octanol–water partition coefficient (Wildman–Crippen LogP) is 2.54. The number of rotatable bonds is 5. The first-order valence-corrected chi connectivity index (χ1v) is 5.49. The van der Waals surface area contributed by atoms with Crippen LogP contribution in [0.15, 0.2) is 17.5 Å². The zero-order valence-corrected chi connectivity index (χ0v) is 9.16. The average molecular weight is 198 g/mol. The summed E-state index contributed by atoms with van der Waals surface area (Å²) in [6, 6.07) is 4.15. The van der Waals surface area contributed by atoms with Crippen molar-refractivity contribution in [1.29, 1.82) is 0 Å². The van der Waals surface area contributed by atoms with Crippen molar-refractivity contribution in [1.82, 2.24) is 0 Å². The minimum absolute atomic E-state index is 0.254. The van der Waals surface area contributed by atoms with Gasteiger partial charge < -0.3 is 11.1 Å². The highest BCUT2D eigenvalue weighted by molar-refractivity contribution is 7.14. The third kappa shape index (κ3) is 3.79. The second-order valence-corrected chi connectivity index (χ2v) is 4.97. The number of hydrogen-bond acceptors (Lipinski definition) is 3. The normalized spacial score (nSPS) is 11.6. The van der Waals surface area contributed by atoms with Crippen molar-refractivity contribution >= 4 is 16.3 Å². The monoisotopic (exact) mass is 198 g/mol. The van der Waals surface area contributed by atoms with Crippen LogP contribution in [0.5, 0.6) is 0 Å². The standard InChI is InChI=1S/C10H18N2S/c1-10(2,8-11)5-6-12-9-4-3-7-13-9/h3-4,7,12H,5-6,8,11H2,1-2H3. The molecule has 0 radical (unpaired) electrons. The largest absolute Gasteiger partial charge is 0.377 e. The van der Waals surface area contributed by atoms with E-state index in [9.17, 15) is 0 Å². The van der Waals surface area contributed by atoms with Crippen LogP contribution >= 0.6 is 11.3 Å². The zero-order valence-electron chi connectivity index (χ0n) is 8.34. The van der Waals surface area contributed by atoms with Gasteiger partial charge in [-0.05, 0) is 35.9 Å². The Hall–Kier alpha value is -0.540. The molecule has 0 spiro atoms. The van der Waals surface area contributed by atoms with Crippen LogP contribution in [0.1, 0.15) is 20.3 Å². The van der Waals surface area contributed by atoms with Crippen LogP contribution in [0.3, 0.4) is 0 Å². The first kappa shape index (κ1) is 10.5. The van der Waals surface area contributed by atoms with E-state index in [4.69, 9.17) is 5.73 Å². The number of hydrogen-bond donors (Lipinski definition) is 2. The third-order valence-corrected chi connectivity index (χ3v) is 3.00. The van der Waals surface area contributed by atoms with E-state index in [-0.39, 0.29) is 5.41 Å². The van der Waals surface area contributed by atoms with Gasteiger partial charge in [-0.15, -0.1) is 11.3 Å². The van der Waals surface area contributed by atoms with E-state index in [1.165, 1.54) is 5.00 Å². The van der Waals surface area contributed by atoms with Gasteiger partial charge in [0.05, 0.1) is 5.00 Å². The van der Waals surface area contributed by atoms with E-state index in [1.807, 2.05) is 0 Å². The van der Waals surface area contributed by atoms with Gasteiger partial charge in [0.2, 0.25) is 0 Å². The second kappa shape index (κ2) is 4.63. The van der Waals surface area contributed by atoms with Crippen molar-refractivity contribution in [3.8, 4) is 0 Å². The minimum atomic E-state index is 0.254. The highest BCUT2D eigenvalue weighted by atomic mass is 32.1. The molecule has 0 aromatic carbocycles. The molecule has 2 nitrogen and oxygen atoms in total. The first-order valence-electron chi connectivity index (χ1n) is 4.61. The van der Waals surface area contributed by atoms with E-state index < -0.39 is 0 Å². The van der Waals surface area contributed by atoms with E-state index in [0.717, 1.165) is 19.5 Å². The lowest BCUT2D eigenvalue weighted by Crippen LogP contribution is -2.26. The second-order valence-electron chi connectivity index (χ2n) is 4.02. The molecule has 0 atom stereocenters. The maximum absolute atomic E-state index is 5.64. The summed E-state index contributed by atoms with van der Waals surface area (Å²) in [5.74, 6) is 0. The van der Waals surface area contributed by atoms with Gasteiger partial charge in [-0.1, -0.05) is 13.8 Å². The van der Waals surface area contributed by atoms with Crippen LogP contribution in [0.2, 0.25) is 0 Å². The lowest BCUT2D eigenvalue weighted by atomic mass is 9.90. The molecule has 0 fully saturated rings. The minimum Gasteiger partial charge on any atom is -0.377 e. The Morgan fingerprint density at radius 1 is 1.54 bits per heavy atom. The molecule has 0 aliphatic carbocycles. The van der Waals surface area contributed by atoms with Crippen LogP contribution < -0.4 is 11.1 Å². The van der Waals surface area contributed by atoms with Crippen LogP contribution in [-0.2, 0) is 0 Å². The molecule has 0 amide bonds. The summed E-state index contributed by atoms with van der Waals surface area (Å²) in [7, 11) is 0. The van der Waals surface area contributed by atoms with Gasteiger partial charge in [0, 0.05) is 6.54 Å².